The molecule has 2 amide bonds. The number of benzene rings is 1. The van der Waals surface area contributed by atoms with Crippen molar-refractivity contribution in [2.75, 3.05) is 24.5 Å². The first-order valence-corrected chi connectivity index (χ1v) is 8.13. The Morgan fingerprint density at radius 3 is 2.59 bits per heavy atom. The van der Waals surface area contributed by atoms with Crippen LogP contribution in [0, 0.1) is 5.92 Å². The minimum Gasteiger partial charge on any atom is -0.344 e. The predicted molar refractivity (Wildman–Crippen MR) is 85.6 cm³/mol. The standard InChI is InChI=1S/C17H23N3O2/c21-16(13-8-10-18-11-9-13)19-15-7-4-12-20(17(15)22)14-5-2-1-3-6-14/h1-3,5-6,13,15,18H,4,7-12H2,(H,19,21). The Labute approximate surface area is 131 Å². The number of nitrogens with one attached hydrogen (secondary N) is 2. The zero-order valence-electron chi connectivity index (χ0n) is 12.8. The third-order valence-corrected chi connectivity index (χ3v) is 4.53. The molecule has 2 aliphatic heterocycles. The first-order chi connectivity index (χ1) is 10.8. The molecule has 1 aromatic carbocycles. The maximum Gasteiger partial charge on any atom is 0.249 e. The maximum absolute atomic E-state index is 12.6. The van der Waals surface area contributed by atoms with E-state index in [0.29, 0.717) is 0 Å². The van der Waals surface area contributed by atoms with Crippen molar-refractivity contribution in [3.63, 3.8) is 0 Å². The van der Waals surface area contributed by atoms with Crippen molar-refractivity contribution < 1.29 is 9.59 Å². The minimum absolute atomic E-state index is 0.0136. The van der Waals surface area contributed by atoms with Crippen LogP contribution in [0.25, 0.3) is 0 Å². The van der Waals surface area contributed by atoms with Gasteiger partial charge < -0.3 is 15.5 Å². The Kier molecular flexibility index (Phi) is 4.73. The summed E-state index contributed by atoms with van der Waals surface area (Å²) in [4.78, 5) is 26.8. The second kappa shape index (κ2) is 6.92. The van der Waals surface area contributed by atoms with Gasteiger partial charge in [0.05, 0.1) is 0 Å². The molecule has 0 spiro atoms. The van der Waals surface area contributed by atoms with Crippen LogP contribution in [0.2, 0.25) is 0 Å². The minimum atomic E-state index is -0.378. The van der Waals surface area contributed by atoms with Crippen LogP contribution in [-0.4, -0.2) is 37.5 Å². The van der Waals surface area contributed by atoms with Crippen molar-refractivity contribution >= 4 is 17.5 Å². The van der Waals surface area contributed by atoms with Crippen molar-refractivity contribution in [2.45, 2.75) is 31.7 Å². The van der Waals surface area contributed by atoms with Gasteiger partial charge in [0.1, 0.15) is 6.04 Å². The maximum atomic E-state index is 12.6. The van der Waals surface area contributed by atoms with Crippen molar-refractivity contribution in [3.05, 3.63) is 30.3 Å². The molecule has 0 radical (unpaired) electrons. The van der Waals surface area contributed by atoms with Crippen LogP contribution in [0.15, 0.2) is 30.3 Å². The number of piperidine rings is 2. The van der Waals surface area contributed by atoms with E-state index in [2.05, 4.69) is 10.6 Å². The monoisotopic (exact) mass is 301 g/mol. The normalized spacial score (nSPS) is 23.4. The summed E-state index contributed by atoms with van der Waals surface area (Å²) in [7, 11) is 0. The number of hydrogen-bond acceptors (Lipinski definition) is 3. The van der Waals surface area contributed by atoms with E-state index in [4.69, 9.17) is 0 Å². The Morgan fingerprint density at radius 2 is 1.86 bits per heavy atom. The average Bonchev–Trinajstić information content (AvgIpc) is 2.58. The van der Waals surface area contributed by atoms with E-state index in [1.54, 1.807) is 4.90 Å². The van der Waals surface area contributed by atoms with Crippen LogP contribution < -0.4 is 15.5 Å². The van der Waals surface area contributed by atoms with Crippen LogP contribution in [0.5, 0.6) is 0 Å². The van der Waals surface area contributed by atoms with Gasteiger partial charge in [0.2, 0.25) is 11.8 Å². The summed E-state index contributed by atoms with van der Waals surface area (Å²) in [6.45, 7) is 2.49. The van der Waals surface area contributed by atoms with Gasteiger partial charge in [0.25, 0.3) is 0 Å². The quantitative estimate of drug-likeness (QED) is 0.884. The van der Waals surface area contributed by atoms with Gasteiger partial charge in [-0.3, -0.25) is 9.59 Å². The summed E-state index contributed by atoms with van der Waals surface area (Å²) in [5.74, 6) is 0.0932. The van der Waals surface area contributed by atoms with Gasteiger partial charge in [-0.1, -0.05) is 18.2 Å². The van der Waals surface area contributed by atoms with E-state index < -0.39 is 0 Å². The van der Waals surface area contributed by atoms with Gasteiger partial charge in [0, 0.05) is 18.2 Å². The fraction of sp³-hybridized carbons (Fsp3) is 0.529. The molecule has 3 rings (SSSR count). The molecule has 0 aromatic heterocycles. The van der Waals surface area contributed by atoms with E-state index in [1.165, 1.54) is 0 Å². The molecular formula is C17H23N3O2. The number of nitrogens with zero attached hydrogens (tertiary/aromatic N) is 1. The van der Waals surface area contributed by atoms with Gasteiger partial charge in [-0.15, -0.1) is 0 Å². The molecule has 5 heteroatoms. The number of amides is 2. The molecule has 2 aliphatic rings. The lowest BCUT2D eigenvalue weighted by Crippen LogP contribution is -2.54. The topological polar surface area (TPSA) is 61.4 Å². The third kappa shape index (κ3) is 3.30. The summed E-state index contributed by atoms with van der Waals surface area (Å²) >= 11 is 0. The average molecular weight is 301 g/mol. The van der Waals surface area contributed by atoms with Crippen molar-refractivity contribution in [3.8, 4) is 0 Å². The summed E-state index contributed by atoms with van der Waals surface area (Å²) in [6.07, 6.45) is 3.36. The molecule has 22 heavy (non-hydrogen) atoms. The fourth-order valence-corrected chi connectivity index (χ4v) is 3.25. The Morgan fingerprint density at radius 1 is 1.14 bits per heavy atom. The van der Waals surface area contributed by atoms with Crippen LogP contribution >= 0.6 is 0 Å². The van der Waals surface area contributed by atoms with E-state index in [0.717, 1.165) is 51.0 Å². The molecule has 5 nitrogen and oxygen atoms in total. The lowest BCUT2D eigenvalue weighted by atomic mass is 9.96. The largest absolute Gasteiger partial charge is 0.344 e. The lowest BCUT2D eigenvalue weighted by molar-refractivity contribution is -0.131. The van der Waals surface area contributed by atoms with Gasteiger partial charge in [-0.25, -0.2) is 0 Å². The molecule has 2 heterocycles. The molecule has 0 saturated carbocycles. The van der Waals surface area contributed by atoms with Crippen molar-refractivity contribution in [1.29, 1.82) is 0 Å². The van der Waals surface area contributed by atoms with Gasteiger partial charge in [-0.2, -0.15) is 0 Å². The van der Waals surface area contributed by atoms with E-state index in [1.807, 2.05) is 30.3 Å². The highest BCUT2D eigenvalue weighted by molar-refractivity contribution is 6.00. The third-order valence-electron chi connectivity index (χ3n) is 4.53. The lowest BCUT2D eigenvalue weighted by Gasteiger charge is -2.33. The zero-order chi connectivity index (χ0) is 15.4. The Hall–Kier alpha value is -1.88. The van der Waals surface area contributed by atoms with Crippen LogP contribution in [0.3, 0.4) is 0 Å². The van der Waals surface area contributed by atoms with Gasteiger partial charge in [0.15, 0.2) is 0 Å². The molecule has 1 aromatic rings. The predicted octanol–water partition coefficient (Wildman–Crippen LogP) is 1.30. The first-order valence-electron chi connectivity index (χ1n) is 8.13. The molecule has 2 fully saturated rings. The van der Waals surface area contributed by atoms with Gasteiger partial charge in [-0.05, 0) is 50.9 Å². The number of rotatable bonds is 3. The van der Waals surface area contributed by atoms with Crippen LogP contribution in [0.4, 0.5) is 5.69 Å². The Bertz CT molecular complexity index is 526. The van der Waals surface area contributed by atoms with Crippen molar-refractivity contribution in [2.24, 2.45) is 5.92 Å². The molecule has 0 aliphatic carbocycles. The van der Waals surface area contributed by atoms with E-state index in [9.17, 15) is 9.59 Å². The highest BCUT2D eigenvalue weighted by Gasteiger charge is 2.32. The summed E-state index contributed by atoms with van der Waals surface area (Å²) < 4.78 is 0. The van der Waals surface area contributed by atoms with Crippen molar-refractivity contribution in [1.82, 2.24) is 10.6 Å². The molecule has 0 bridgehead atoms. The zero-order valence-corrected chi connectivity index (χ0v) is 12.8. The molecule has 2 saturated heterocycles. The summed E-state index contributed by atoms with van der Waals surface area (Å²) in [6, 6.07) is 9.30. The SMILES string of the molecule is O=C(NC1CCCN(c2ccccc2)C1=O)C1CCNCC1. The summed E-state index contributed by atoms with van der Waals surface area (Å²) in [5.41, 5.74) is 0.910. The number of hydrogen-bond donors (Lipinski definition) is 2. The Balaban J connectivity index is 1.64. The number of carbonyl (C=O) groups excluding carboxylic acids is 2. The van der Waals surface area contributed by atoms with Crippen LogP contribution in [0.1, 0.15) is 25.7 Å². The number of para-hydroxylation sites is 1. The fourth-order valence-electron chi connectivity index (χ4n) is 3.25. The molecule has 1 unspecified atom stereocenters. The molecular weight excluding hydrogens is 278 g/mol. The first kappa shape index (κ1) is 15.0. The number of carbonyl (C=O) groups is 2. The highest BCUT2D eigenvalue weighted by Crippen LogP contribution is 2.21. The van der Waals surface area contributed by atoms with Crippen LogP contribution in [-0.2, 0) is 9.59 Å². The second-order valence-corrected chi connectivity index (χ2v) is 6.05. The van der Waals surface area contributed by atoms with Gasteiger partial charge >= 0.3 is 0 Å². The number of anilines is 1. The second-order valence-electron chi connectivity index (χ2n) is 6.05. The van der Waals surface area contributed by atoms with E-state index in [-0.39, 0.29) is 23.8 Å². The molecule has 1 atom stereocenters. The molecule has 2 N–H and O–H groups in total. The van der Waals surface area contributed by atoms with E-state index >= 15 is 0 Å². The smallest absolute Gasteiger partial charge is 0.249 e. The highest BCUT2D eigenvalue weighted by atomic mass is 16.2. The summed E-state index contributed by atoms with van der Waals surface area (Å²) in [5, 5.41) is 6.24. The molecule has 118 valence electrons.